The summed E-state index contributed by atoms with van der Waals surface area (Å²) in [5.74, 6) is -4.24. The number of hydrogen-bond acceptors (Lipinski definition) is 5. The summed E-state index contributed by atoms with van der Waals surface area (Å²) in [4.78, 5) is 38.5. The molecule has 0 atom stereocenters. The predicted molar refractivity (Wildman–Crippen MR) is 69.3 cm³/mol. The fraction of sp³-hybridized carbons (Fsp3) is 0.0769. The molecule has 1 aliphatic rings. The van der Waals surface area contributed by atoms with E-state index in [1.54, 1.807) is 0 Å². The normalized spacial score (nSPS) is 14.7. The molecule has 0 fully saturated rings. The highest BCUT2D eigenvalue weighted by molar-refractivity contribution is 6.05. The maximum atomic E-state index is 11.4. The molecule has 0 amide bonds. The first-order chi connectivity index (χ1) is 9.91. The number of nitrogens with zero attached hydrogens (tertiary/aromatic N) is 2. The number of hydrogen-bond donors (Lipinski definition) is 3. The minimum absolute atomic E-state index is 0.214. The highest BCUT2D eigenvalue weighted by Gasteiger charge is 2.32. The van der Waals surface area contributed by atoms with Crippen LogP contribution >= 0.6 is 0 Å². The van der Waals surface area contributed by atoms with Crippen molar-refractivity contribution in [3.05, 3.63) is 47.6 Å². The van der Waals surface area contributed by atoms with Crippen LogP contribution in [0, 0.1) is 0 Å². The quantitative estimate of drug-likeness (QED) is 0.738. The zero-order valence-corrected chi connectivity index (χ0v) is 10.6. The highest BCUT2D eigenvalue weighted by atomic mass is 16.4. The van der Waals surface area contributed by atoms with Crippen LogP contribution in [0.4, 0.5) is 5.69 Å². The van der Waals surface area contributed by atoms with Crippen molar-refractivity contribution in [2.24, 2.45) is 0 Å². The van der Waals surface area contributed by atoms with E-state index in [2.05, 4.69) is 4.98 Å². The maximum Gasteiger partial charge on any atom is 0.353 e. The van der Waals surface area contributed by atoms with Crippen LogP contribution in [-0.4, -0.2) is 38.2 Å². The molecular weight excluding hydrogens is 280 g/mol. The van der Waals surface area contributed by atoms with E-state index in [0.717, 1.165) is 11.1 Å². The van der Waals surface area contributed by atoms with Crippen LogP contribution in [0.25, 0.3) is 0 Å². The van der Waals surface area contributed by atoms with Gasteiger partial charge in [-0.25, -0.2) is 14.4 Å². The number of rotatable bonds is 4. The first-order valence-electron chi connectivity index (χ1n) is 5.74. The third kappa shape index (κ3) is 2.73. The van der Waals surface area contributed by atoms with Crippen LogP contribution in [0.1, 0.15) is 6.42 Å². The predicted octanol–water partition coefficient (Wildman–Crippen LogP) is 0.684. The minimum Gasteiger partial charge on any atom is -0.478 e. The lowest BCUT2D eigenvalue weighted by molar-refractivity contribution is -0.136. The molecule has 2 rings (SSSR count). The summed E-state index contributed by atoms with van der Waals surface area (Å²) < 4.78 is 0. The molecule has 0 saturated heterocycles. The van der Waals surface area contributed by atoms with Gasteiger partial charge in [-0.1, -0.05) is 0 Å². The Hall–Kier alpha value is -3.16. The Bertz CT molecular complexity index is 677. The Morgan fingerprint density at radius 1 is 1.00 bits per heavy atom. The largest absolute Gasteiger partial charge is 0.478 e. The zero-order valence-electron chi connectivity index (χ0n) is 10.6. The second-order valence-corrected chi connectivity index (χ2v) is 4.15. The first kappa shape index (κ1) is 14.3. The molecule has 2 heterocycles. The second kappa shape index (κ2) is 5.45. The van der Waals surface area contributed by atoms with E-state index in [9.17, 15) is 19.5 Å². The van der Waals surface area contributed by atoms with Gasteiger partial charge in [-0.3, -0.25) is 4.98 Å². The molecule has 8 nitrogen and oxygen atoms in total. The van der Waals surface area contributed by atoms with Crippen LogP contribution in [0.3, 0.4) is 0 Å². The summed E-state index contributed by atoms with van der Waals surface area (Å²) in [6, 6.07) is 2.90. The summed E-state index contributed by atoms with van der Waals surface area (Å²) in [5.41, 5.74) is -0.883. The van der Waals surface area contributed by atoms with Crippen LogP contribution < -0.4 is 4.90 Å². The molecule has 0 saturated carbocycles. The van der Waals surface area contributed by atoms with Gasteiger partial charge in [0.15, 0.2) is 0 Å². The lowest BCUT2D eigenvalue weighted by atomic mass is 9.99. The van der Waals surface area contributed by atoms with Gasteiger partial charge in [-0.15, -0.1) is 0 Å². The smallest absolute Gasteiger partial charge is 0.353 e. The van der Waals surface area contributed by atoms with Gasteiger partial charge in [-0.2, -0.15) is 0 Å². The molecule has 1 aromatic heterocycles. The summed E-state index contributed by atoms with van der Waals surface area (Å²) in [7, 11) is 0. The number of aliphatic carboxylic acids is 3. The molecule has 3 N–H and O–H groups in total. The molecular formula is C13H10N2O6. The highest BCUT2D eigenvalue weighted by Crippen LogP contribution is 2.30. The molecule has 21 heavy (non-hydrogen) atoms. The fourth-order valence-corrected chi connectivity index (χ4v) is 1.93. The van der Waals surface area contributed by atoms with Crippen LogP contribution in [0.15, 0.2) is 47.6 Å². The van der Waals surface area contributed by atoms with E-state index >= 15 is 0 Å². The van der Waals surface area contributed by atoms with Gasteiger partial charge in [0.2, 0.25) is 0 Å². The van der Waals surface area contributed by atoms with Crippen LogP contribution in [0.5, 0.6) is 0 Å². The summed E-state index contributed by atoms with van der Waals surface area (Å²) >= 11 is 0. The Kier molecular flexibility index (Phi) is 3.70. The zero-order chi connectivity index (χ0) is 15.6. The van der Waals surface area contributed by atoms with Crippen molar-refractivity contribution in [3.63, 3.8) is 0 Å². The number of aromatic nitrogens is 1. The molecule has 0 aliphatic carbocycles. The third-order valence-electron chi connectivity index (χ3n) is 2.86. The third-order valence-corrected chi connectivity index (χ3v) is 2.86. The van der Waals surface area contributed by atoms with Gasteiger partial charge in [0, 0.05) is 30.7 Å². The number of anilines is 1. The van der Waals surface area contributed by atoms with E-state index in [4.69, 9.17) is 10.2 Å². The molecule has 1 aliphatic heterocycles. The molecule has 108 valence electrons. The number of carbonyl (C=O) groups is 3. The Balaban J connectivity index is 2.64. The standard InChI is InChI=1S/C13H10N2O6/c16-11(17)7-5-9(12(18)19)10(13(20)21)15(6-7)8-1-3-14-4-2-8/h1-4,6H,5H2,(H,16,17)(H,18,19)(H,20,21). The maximum absolute atomic E-state index is 11.4. The number of carboxylic acids is 3. The number of pyridine rings is 1. The van der Waals surface area contributed by atoms with Gasteiger partial charge in [0.1, 0.15) is 5.70 Å². The van der Waals surface area contributed by atoms with E-state index in [1.165, 1.54) is 24.5 Å². The Labute approximate surface area is 118 Å². The van der Waals surface area contributed by atoms with Gasteiger partial charge in [0.25, 0.3) is 0 Å². The summed E-state index contributed by atoms with van der Waals surface area (Å²) in [6.07, 6.45) is 3.41. The van der Waals surface area contributed by atoms with Crippen molar-refractivity contribution in [1.82, 2.24) is 4.98 Å². The molecule has 8 heteroatoms. The van der Waals surface area contributed by atoms with Gasteiger partial charge >= 0.3 is 17.9 Å². The molecule has 1 aromatic rings. The monoisotopic (exact) mass is 290 g/mol. The van der Waals surface area contributed by atoms with Crippen molar-refractivity contribution < 1.29 is 29.7 Å². The van der Waals surface area contributed by atoms with E-state index < -0.39 is 35.6 Å². The molecule has 0 spiro atoms. The van der Waals surface area contributed by atoms with Crippen LogP contribution in [0.2, 0.25) is 0 Å². The Morgan fingerprint density at radius 2 is 1.62 bits per heavy atom. The van der Waals surface area contributed by atoms with Crippen molar-refractivity contribution in [2.45, 2.75) is 6.42 Å². The SMILES string of the molecule is O=C(O)C1=CN(c2ccncc2)C(C(=O)O)=C(C(=O)O)C1. The minimum atomic E-state index is -1.47. The van der Waals surface area contributed by atoms with E-state index in [0.29, 0.717) is 5.69 Å². The average molecular weight is 290 g/mol. The first-order valence-corrected chi connectivity index (χ1v) is 5.74. The Morgan fingerprint density at radius 3 is 2.10 bits per heavy atom. The van der Waals surface area contributed by atoms with Crippen molar-refractivity contribution in [2.75, 3.05) is 4.90 Å². The van der Waals surface area contributed by atoms with Crippen LogP contribution in [-0.2, 0) is 14.4 Å². The van der Waals surface area contributed by atoms with E-state index in [1.807, 2.05) is 0 Å². The number of carboxylic acid groups (broad SMARTS) is 3. The molecule has 0 bridgehead atoms. The average Bonchev–Trinajstić information content (AvgIpc) is 2.46. The second-order valence-electron chi connectivity index (χ2n) is 4.15. The van der Waals surface area contributed by atoms with Gasteiger partial charge in [0.05, 0.1) is 11.1 Å². The molecule has 0 radical (unpaired) electrons. The van der Waals surface area contributed by atoms with Crippen molar-refractivity contribution in [3.8, 4) is 0 Å². The van der Waals surface area contributed by atoms with Crippen molar-refractivity contribution in [1.29, 1.82) is 0 Å². The van der Waals surface area contributed by atoms with Crippen molar-refractivity contribution >= 4 is 23.6 Å². The van der Waals surface area contributed by atoms with E-state index in [-0.39, 0.29) is 5.57 Å². The van der Waals surface area contributed by atoms with Gasteiger partial charge < -0.3 is 20.2 Å². The topological polar surface area (TPSA) is 128 Å². The molecule has 0 unspecified atom stereocenters. The fourth-order valence-electron chi connectivity index (χ4n) is 1.93. The lowest BCUT2D eigenvalue weighted by Crippen LogP contribution is -2.31. The summed E-state index contributed by atoms with van der Waals surface area (Å²) in [6.45, 7) is 0. The molecule has 0 aromatic carbocycles. The summed E-state index contributed by atoms with van der Waals surface area (Å²) in [5, 5.41) is 27.5. The van der Waals surface area contributed by atoms with Gasteiger partial charge in [-0.05, 0) is 12.1 Å². The lowest BCUT2D eigenvalue weighted by Gasteiger charge is -2.27.